The number of nitrogens with two attached hydrogens (primary N) is 1. The first-order valence-electron chi connectivity index (χ1n) is 7.22. The van der Waals surface area contributed by atoms with Gasteiger partial charge in [-0.2, -0.15) is 0 Å². The van der Waals surface area contributed by atoms with E-state index in [4.69, 9.17) is 10.5 Å². The van der Waals surface area contributed by atoms with Crippen LogP contribution in [0.1, 0.15) is 18.4 Å². The fraction of sp³-hybridized carbons (Fsp3) is 0.571. The molecule has 1 atom stereocenters. The van der Waals surface area contributed by atoms with Crippen LogP contribution in [0.5, 0.6) is 5.75 Å². The maximum absolute atomic E-state index is 12.7. The van der Waals surface area contributed by atoms with Crippen LogP contribution in [-0.4, -0.2) is 46.1 Å². The Morgan fingerprint density at radius 3 is 2.95 bits per heavy atom. The molecule has 0 saturated carbocycles. The summed E-state index contributed by atoms with van der Waals surface area (Å²) < 4.78 is 33.7. The van der Waals surface area contributed by atoms with E-state index in [-0.39, 0.29) is 10.9 Å². The lowest BCUT2D eigenvalue weighted by Crippen LogP contribution is -2.37. The highest BCUT2D eigenvalue weighted by Crippen LogP contribution is 2.34. The summed E-state index contributed by atoms with van der Waals surface area (Å²) in [6, 6.07) is 3.24. The van der Waals surface area contributed by atoms with Crippen LogP contribution in [0.4, 0.5) is 5.69 Å². The highest BCUT2D eigenvalue weighted by molar-refractivity contribution is 7.89. The predicted molar refractivity (Wildman–Crippen MR) is 80.9 cm³/mol. The molecule has 0 bridgehead atoms. The summed E-state index contributed by atoms with van der Waals surface area (Å²) in [4.78, 5) is 2.28. The normalized spacial score (nSPS) is 22.8. The van der Waals surface area contributed by atoms with Crippen molar-refractivity contribution in [3.05, 3.63) is 17.7 Å². The number of anilines is 1. The number of sulfonamides is 1. The molecule has 116 valence electrons. The first-order chi connectivity index (χ1) is 9.95. The molecule has 3 rings (SSSR count). The molecule has 1 aromatic rings. The fourth-order valence-corrected chi connectivity index (χ4v) is 4.47. The first kappa shape index (κ1) is 14.6. The molecule has 2 heterocycles. The fourth-order valence-electron chi connectivity index (χ4n) is 2.98. The van der Waals surface area contributed by atoms with Crippen LogP contribution < -0.4 is 15.2 Å². The second kappa shape index (κ2) is 5.47. The number of nitrogens with one attached hydrogen (secondary N) is 1. The smallest absolute Gasteiger partial charge is 0.244 e. The summed E-state index contributed by atoms with van der Waals surface area (Å²) in [5.41, 5.74) is 7.19. The zero-order chi connectivity index (χ0) is 15.0. The number of hydrogen-bond donors (Lipinski definition) is 2. The molecule has 1 fully saturated rings. The van der Waals surface area contributed by atoms with Gasteiger partial charge < -0.3 is 15.4 Å². The molecule has 0 aliphatic carbocycles. The van der Waals surface area contributed by atoms with E-state index in [1.54, 1.807) is 6.07 Å². The molecule has 2 aliphatic heterocycles. The average molecular weight is 311 g/mol. The standard InChI is InChI=1S/C14H21N3O3S/c1-17-5-4-12(9-17)16-21(18,19)13-8-11(15)7-10-3-2-6-20-14(10)13/h7-8,12,16H,2-6,9,15H2,1H3. The Hall–Kier alpha value is -1.31. The van der Waals surface area contributed by atoms with Crippen LogP contribution >= 0.6 is 0 Å². The Balaban J connectivity index is 1.93. The number of aryl methyl sites for hydroxylation is 1. The maximum atomic E-state index is 12.7. The Kier molecular flexibility index (Phi) is 3.81. The largest absolute Gasteiger partial charge is 0.492 e. The Labute approximate surface area is 125 Å². The molecular formula is C14H21N3O3S. The molecule has 1 saturated heterocycles. The third-order valence-electron chi connectivity index (χ3n) is 3.99. The summed E-state index contributed by atoms with van der Waals surface area (Å²) in [5, 5.41) is 0. The van der Waals surface area contributed by atoms with Gasteiger partial charge in [0.05, 0.1) is 6.61 Å². The summed E-state index contributed by atoms with van der Waals surface area (Å²) in [7, 11) is -1.63. The SMILES string of the molecule is CN1CCC(NS(=O)(=O)c2cc(N)cc3c2OCCC3)C1. The topological polar surface area (TPSA) is 84.7 Å². The quantitative estimate of drug-likeness (QED) is 0.798. The number of nitrogen functional groups attached to an aromatic ring is 1. The zero-order valence-electron chi connectivity index (χ0n) is 12.1. The van der Waals surface area contributed by atoms with Crippen molar-refractivity contribution in [2.24, 2.45) is 0 Å². The van der Waals surface area contributed by atoms with Crippen molar-refractivity contribution in [1.29, 1.82) is 0 Å². The number of ether oxygens (including phenoxy) is 1. The molecule has 0 spiro atoms. The van der Waals surface area contributed by atoms with Gasteiger partial charge in [0, 0.05) is 18.3 Å². The summed E-state index contributed by atoms with van der Waals surface area (Å²) in [5.74, 6) is 0.467. The van der Waals surface area contributed by atoms with E-state index in [2.05, 4.69) is 9.62 Å². The van der Waals surface area contributed by atoms with Crippen molar-refractivity contribution in [2.75, 3.05) is 32.5 Å². The van der Waals surface area contributed by atoms with Crippen LogP contribution in [0, 0.1) is 0 Å². The van der Waals surface area contributed by atoms with Gasteiger partial charge in [0.2, 0.25) is 10.0 Å². The molecule has 2 aliphatic rings. The number of fused-ring (bicyclic) bond motifs is 1. The van der Waals surface area contributed by atoms with Crippen LogP contribution in [0.3, 0.4) is 0 Å². The van der Waals surface area contributed by atoms with E-state index in [1.807, 2.05) is 7.05 Å². The maximum Gasteiger partial charge on any atom is 0.244 e. The lowest BCUT2D eigenvalue weighted by Gasteiger charge is -2.22. The number of rotatable bonds is 3. The first-order valence-corrected chi connectivity index (χ1v) is 8.70. The highest BCUT2D eigenvalue weighted by Gasteiger charge is 2.29. The zero-order valence-corrected chi connectivity index (χ0v) is 12.9. The van der Waals surface area contributed by atoms with Crippen molar-refractivity contribution < 1.29 is 13.2 Å². The van der Waals surface area contributed by atoms with E-state index in [1.165, 1.54) is 6.07 Å². The minimum absolute atomic E-state index is 0.0549. The van der Waals surface area contributed by atoms with E-state index in [0.717, 1.165) is 37.9 Å². The molecular weight excluding hydrogens is 290 g/mol. The van der Waals surface area contributed by atoms with Gasteiger partial charge in [-0.15, -0.1) is 0 Å². The monoisotopic (exact) mass is 311 g/mol. The third-order valence-corrected chi connectivity index (χ3v) is 5.52. The number of likely N-dealkylation sites (tertiary alicyclic amines) is 1. The van der Waals surface area contributed by atoms with Gasteiger partial charge in [-0.05, 0) is 50.6 Å². The van der Waals surface area contributed by atoms with Crippen LogP contribution in [0.25, 0.3) is 0 Å². The van der Waals surface area contributed by atoms with E-state index in [9.17, 15) is 8.42 Å². The molecule has 0 aromatic heterocycles. The molecule has 0 radical (unpaired) electrons. The van der Waals surface area contributed by atoms with Gasteiger partial charge >= 0.3 is 0 Å². The van der Waals surface area contributed by atoms with Crippen molar-refractivity contribution in [2.45, 2.75) is 30.2 Å². The minimum atomic E-state index is -3.61. The van der Waals surface area contributed by atoms with Gasteiger partial charge in [0.15, 0.2) is 0 Å². The Morgan fingerprint density at radius 2 is 2.24 bits per heavy atom. The van der Waals surface area contributed by atoms with Crippen molar-refractivity contribution in [3.8, 4) is 5.75 Å². The molecule has 3 N–H and O–H groups in total. The van der Waals surface area contributed by atoms with Crippen molar-refractivity contribution in [3.63, 3.8) is 0 Å². The predicted octanol–water partition coefficient (Wildman–Crippen LogP) is 0.576. The van der Waals surface area contributed by atoms with Gasteiger partial charge in [-0.3, -0.25) is 0 Å². The third kappa shape index (κ3) is 3.00. The number of likely N-dealkylation sites (N-methyl/N-ethyl adjacent to an activating group) is 1. The van der Waals surface area contributed by atoms with Gasteiger partial charge in [0.25, 0.3) is 0 Å². The lowest BCUT2D eigenvalue weighted by molar-refractivity contribution is 0.280. The van der Waals surface area contributed by atoms with Crippen molar-refractivity contribution >= 4 is 15.7 Å². The Morgan fingerprint density at radius 1 is 1.43 bits per heavy atom. The molecule has 1 unspecified atom stereocenters. The van der Waals surface area contributed by atoms with E-state index >= 15 is 0 Å². The molecule has 21 heavy (non-hydrogen) atoms. The van der Waals surface area contributed by atoms with Crippen LogP contribution in [0.2, 0.25) is 0 Å². The molecule has 1 aromatic carbocycles. The average Bonchev–Trinajstić information content (AvgIpc) is 2.82. The van der Waals surface area contributed by atoms with Crippen LogP contribution in [-0.2, 0) is 16.4 Å². The van der Waals surface area contributed by atoms with Gasteiger partial charge in [-0.1, -0.05) is 0 Å². The summed E-state index contributed by atoms with van der Waals surface area (Å²) in [6.07, 6.45) is 2.51. The van der Waals surface area contributed by atoms with Gasteiger partial charge in [-0.25, -0.2) is 13.1 Å². The van der Waals surface area contributed by atoms with E-state index < -0.39 is 10.0 Å². The molecule has 0 amide bonds. The minimum Gasteiger partial charge on any atom is -0.492 e. The summed E-state index contributed by atoms with van der Waals surface area (Å²) >= 11 is 0. The highest BCUT2D eigenvalue weighted by atomic mass is 32.2. The van der Waals surface area contributed by atoms with Crippen molar-refractivity contribution in [1.82, 2.24) is 9.62 Å². The molecule has 7 heteroatoms. The number of benzene rings is 1. The number of nitrogens with zero attached hydrogens (tertiary/aromatic N) is 1. The second-order valence-corrected chi connectivity index (χ2v) is 7.51. The molecule has 6 nitrogen and oxygen atoms in total. The van der Waals surface area contributed by atoms with Gasteiger partial charge in [0.1, 0.15) is 10.6 Å². The second-order valence-electron chi connectivity index (χ2n) is 5.83. The number of hydrogen-bond acceptors (Lipinski definition) is 5. The Bertz CT molecular complexity index is 645. The van der Waals surface area contributed by atoms with E-state index in [0.29, 0.717) is 18.0 Å². The summed E-state index contributed by atoms with van der Waals surface area (Å²) in [6.45, 7) is 2.18. The van der Waals surface area contributed by atoms with Crippen LogP contribution in [0.15, 0.2) is 17.0 Å². The lowest BCUT2D eigenvalue weighted by atomic mass is 10.1.